The molecular weight excluding hydrogens is 286 g/mol. The summed E-state index contributed by atoms with van der Waals surface area (Å²) >= 11 is 0. The molecule has 1 aromatic heterocycles. The Bertz CT molecular complexity index is 486. The van der Waals surface area contributed by atoms with E-state index in [0.717, 1.165) is 25.6 Å². The van der Waals surface area contributed by atoms with Crippen LogP contribution in [0.15, 0.2) is 23.5 Å². The molecule has 1 saturated heterocycles. The predicted octanol–water partition coefficient (Wildman–Crippen LogP) is 2.89. The summed E-state index contributed by atoms with van der Waals surface area (Å²) in [5.41, 5.74) is 0.550. The Kier molecular flexibility index (Phi) is 5.57. The normalized spacial score (nSPS) is 22.1. The Hall–Kier alpha value is -1.52. The Morgan fingerprint density at radius 1 is 1.17 bits per heavy atom. The minimum atomic E-state index is 0.550. The fraction of sp³-hybridized carbons (Fsp3) is 0.778. The lowest BCUT2D eigenvalue weighted by Crippen LogP contribution is -2.51. The molecule has 1 aliphatic carbocycles. The van der Waals surface area contributed by atoms with Gasteiger partial charge in [-0.2, -0.15) is 5.10 Å². The quantitative estimate of drug-likeness (QED) is 0.689. The largest absolute Gasteiger partial charge is 0.354 e. The van der Waals surface area contributed by atoms with E-state index in [4.69, 9.17) is 0 Å². The molecule has 5 nitrogen and oxygen atoms in total. The van der Waals surface area contributed by atoms with Gasteiger partial charge in [0.2, 0.25) is 0 Å². The molecule has 2 aliphatic rings. The standard InChI is InChI=1S/C18H31N5/c1-19-17(20-12-15-23-14-7-11-21-23)22-13-6-10-18(16-22)8-4-2-3-5-9-18/h7,11,14H,2-6,8-10,12-13,15-16H2,1H3,(H,19,20). The first kappa shape index (κ1) is 16.3. The summed E-state index contributed by atoms with van der Waals surface area (Å²) in [6, 6.07) is 1.97. The van der Waals surface area contributed by atoms with Crippen LogP contribution in [0.5, 0.6) is 0 Å². The van der Waals surface area contributed by atoms with E-state index in [1.807, 2.05) is 30.2 Å². The molecule has 3 rings (SSSR count). The van der Waals surface area contributed by atoms with Crippen LogP contribution in [-0.4, -0.2) is 47.3 Å². The molecule has 1 aliphatic heterocycles. The average molecular weight is 317 g/mol. The van der Waals surface area contributed by atoms with Crippen molar-refractivity contribution >= 4 is 5.96 Å². The molecule has 1 N–H and O–H groups in total. The van der Waals surface area contributed by atoms with Gasteiger partial charge in [-0.1, -0.05) is 25.7 Å². The van der Waals surface area contributed by atoms with Gasteiger partial charge in [0.05, 0.1) is 6.54 Å². The van der Waals surface area contributed by atoms with Gasteiger partial charge in [0, 0.05) is 39.1 Å². The third kappa shape index (κ3) is 4.27. The van der Waals surface area contributed by atoms with Gasteiger partial charge in [-0.25, -0.2) is 0 Å². The number of nitrogens with zero attached hydrogens (tertiary/aromatic N) is 4. The van der Waals surface area contributed by atoms with Crippen LogP contribution in [0, 0.1) is 5.41 Å². The molecule has 0 amide bonds. The predicted molar refractivity (Wildman–Crippen MR) is 94.5 cm³/mol. The average Bonchev–Trinajstić information content (AvgIpc) is 2.99. The first-order valence-electron chi connectivity index (χ1n) is 9.24. The van der Waals surface area contributed by atoms with Crippen molar-refractivity contribution in [1.82, 2.24) is 20.0 Å². The number of hydrogen-bond acceptors (Lipinski definition) is 2. The van der Waals surface area contributed by atoms with Crippen LogP contribution in [0.4, 0.5) is 0 Å². The molecule has 2 heterocycles. The van der Waals surface area contributed by atoms with Crippen LogP contribution in [0.2, 0.25) is 0 Å². The van der Waals surface area contributed by atoms with Gasteiger partial charge in [-0.05, 0) is 37.2 Å². The van der Waals surface area contributed by atoms with Crippen molar-refractivity contribution in [3.8, 4) is 0 Å². The minimum Gasteiger partial charge on any atom is -0.354 e. The second-order valence-electron chi connectivity index (χ2n) is 7.18. The van der Waals surface area contributed by atoms with Gasteiger partial charge in [0.25, 0.3) is 0 Å². The van der Waals surface area contributed by atoms with Crippen molar-refractivity contribution in [2.45, 2.75) is 57.9 Å². The van der Waals surface area contributed by atoms with E-state index in [2.05, 4.69) is 20.3 Å². The Labute approximate surface area is 140 Å². The number of likely N-dealkylation sites (tertiary alicyclic amines) is 1. The van der Waals surface area contributed by atoms with Gasteiger partial charge in [0.1, 0.15) is 0 Å². The number of hydrogen-bond donors (Lipinski definition) is 1. The molecule has 0 atom stereocenters. The van der Waals surface area contributed by atoms with Crippen molar-refractivity contribution < 1.29 is 0 Å². The van der Waals surface area contributed by atoms with Gasteiger partial charge < -0.3 is 10.2 Å². The van der Waals surface area contributed by atoms with E-state index in [9.17, 15) is 0 Å². The molecule has 128 valence electrons. The van der Waals surface area contributed by atoms with Crippen molar-refractivity contribution in [2.75, 3.05) is 26.7 Å². The molecule has 2 fully saturated rings. The molecule has 0 aromatic carbocycles. The van der Waals surface area contributed by atoms with Crippen LogP contribution in [0.3, 0.4) is 0 Å². The number of aliphatic imine (C=N–C) groups is 1. The zero-order chi connectivity index (χ0) is 16.0. The zero-order valence-corrected chi connectivity index (χ0v) is 14.5. The molecule has 23 heavy (non-hydrogen) atoms. The smallest absolute Gasteiger partial charge is 0.193 e. The maximum absolute atomic E-state index is 4.53. The van der Waals surface area contributed by atoms with E-state index in [1.165, 1.54) is 57.9 Å². The van der Waals surface area contributed by atoms with E-state index in [-0.39, 0.29) is 0 Å². The molecule has 0 radical (unpaired) electrons. The topological polar surface area (TPSA) is 45.5 Å². The second-order valence-corrected chi connectivity index (χ2v) is 7.18. The fourth-order valence-electron chi connectivity index (χ4n) is 4.32. The third-order valence-electron chi connectivity index (χ3n) is 5.52. The molecule has 1 spiro atoms. The lowest BCUT2D eigenvalue weighted by Gasteiger charge is -2.44. The lowest BCUT2D eigenvalue weighted by atomic mass is 9.74. The highest BCUT2D eigenvalue weighted by Gasteiger charge is 2.36. The van der Waals surface area contributed by atoms with Crippen LogP contribution < -0.4 is 5.32 Å². The minimum absolute atomic E-state index is 0.550. The second kappa shape index (κ2) is 7.84. The summed E-state index contributed by atoms with van der Waals surface area (Å²) in [6.07, 6.45) is 15.1. The number of rotatable bonds is 3. The summed E-state index contributed by atoms with van der Waals surface area (Å²) < 4.78 is 1.96. The van der Waals surface area contributed by atoms with Gasteiger partial charge >= 0.3 is 0 Å². The highest BCUT2D eigenvalue weighted by atomic mass is 15.3. The van der Waals surface area contributed by atoms with Crippen molar-refractivity contribution in [2.24, 2.45) is 10.4 Å². The highest BCUT2D eigenvalue weighted by Crippen LogP contribution is 2.42. The number of guanidine groups is 1. The van der Waals surface area contributed by atoms with E-state index < -0.39 is 0 Å². The fourth-order valence-corrected chi connectivity index (χ4v) is 4.32. The van der Waals surface area contributed by atoms with E-state index in [1.54, 1.807) is 0 Å². The van der Waals surface area contributed by atoms with Gasteiger partial charge in [-0.3, -0.25) is 9.67 Å². The third-order valence-corrected chi connectivity index (χ3v) is 5.52. The number of nitrogens with one attached hydrogen (secondary N) is 1. The Morgan fingerprint density at radius 3 is 2.65 bits per heavy atom. The summed E-state index contributed by atoms with van der Waals surface area (Å²) in [6.45, 7) is 4.08. The van der Waals surface area contributed by atoms with Crippen LogP contribution in [0.25, 0.3) is 0 Å². The molecule has 0 bridgehead atoms. The first-order valence-corrected chi connectivity index (χ1v) is 9.24. The van der Waals surface area contributed by atoms with Crippen LogP contribution in [-0.2, 0) is 6.54 Å². The maximum atomic E-state index is 4.53. The first-order chi connectivity index (χ1) is 11.3. The van der Waals surface area contributed by atoms with E-state index >= 15 is 0 Å². The lowest BCUT2D eigenvalue weighted by molar-refractivity contribution is 0.115. The van der Waals surface area contributed by atoms with Crippen molar-refractivity contribution in [1.29, 1.82) is 0 Å². The summed E-state index contributed by atoms with van der Waals surface area (Å²) in [5.74, 6) is 1.07. The SMILES string of the molecule is CN=C(NCCn1cccn1)N1CCCC2(CCCCCC2)C1. The molecule has 1 saturated carbocycles. The molecule has 5 heteroatoms. The molecular formula is C18H31N5. The van der Waals surface area contributed by atoms with Crippen molar-refractivity contribution in [3.63, 3.8) is 0 Å². The number of piperidine rings is 1. The van der Waals surface area contributed by atoms with Crippen LogP contribution in [0.1, 0.15) is 51.4 Å². The van der Waals surface area contributed by atoms with Crippen molar-refractivity contribution in [3.05, 3.63) is 18.5 Å². The maximum Gasteiger partial charge on any atom is 0.193 e. The molecule has 1 aromatic rings. The van der Waals surface area contributed by atoms with Gasteiger partial charge in [0.15, 0.2) is 5.96 Å². The number of aromatic nitrogens is 2. The monoisotopic (exact) mass is 317 g/mol. The van der Waals surface area contributed by atoms with Gasteiger partial charge in [-0.15, -0.1) is 0 Å². The Balaban J connectivity index is 1.55. The Morgan fingerprint density at radius 2 is 1.96 bits per heavy atom. The summed E-state index contributed by atoms with van der Waals surface area (Å²) in [4.78, 5) is 7.03. The highest BCUT2D eigenvalue weighted by molar-refractivity contribution is 5.80. The molecule has 0 unspecified atom stereocenters. The van der Waals surface area contributed by atoms with E-state index in [0.29, 0.717) is 5.41 Å². The zero-order valence-electron chi connectivity index (χ0n) is 14.5. The summed E-state index contributed by atoms with van der Waals surface area (Å²) in [7, 11) is 1.91. The van der Waals surface area contributed by atoms with Crippen LogP contribution >= 0.6 is 0 Å². The summed E-state index contributed by atoms with van der Waals surface area (Å²) in [5, 5.41) is 7.78.